The summed E-state index contributed by atoms with van der Waals surface area (Å²) >= 11 is 0. The van der Waals surface area contributed by atoms with Gasteiger partial charge < -0.3 is 15.2 Å². The second-order valence-corrected chi connectivity index (χ2v) is 8.56. The van der Waals surface area contributed by atoms with Crippen LogP contribution in [-0.4, -0.2) is 27.4 Å². The predicted octanol–water partition coefficient (Wildman–Crippen LogP) is 4.44. The number of rotatable bonds is 13. The van der Waals surface area contributed by atoms with Crippen molar-refractivity contribution < 1.29 is 9.84 Å². The normalized spacial score (nSPS) is 12.4. The molecule has 2 N–H and O–H groups in total. The lowest BCUT2D eigenvalue weighted by Crippen LogP contribution is -2.19. The molecule has 0 saturated carbocycles. The van der Waals surface area contributed by atoms with Gasteiger partial charge in [0.15, 0.2) is 0 Å². The maximum Gasteiger partial charge on any atom is 0.328 e. The molecule has 0 spiro atoms. The summed E-state index contributed by atoms with van der Waals surface area (Å²) in [6.45, 7) is 4.31. The highest BCUT2D eigenvalue weighted by molar-refractivity contribution is 5.76. The van der Waals surface area contributed by atoms with Gasteiger partial charge in [0.25, 0.3) is 0 Å². The summed E-state index contributed by atoms with van der Waals surface area (Å²) in [6.07, 6.45) is 7.10. The van der Waals surface area contributed by atoms with Crippen molar-refractivity contribution >= 4 is 11.0 Å². The number of hydrogen-bond donors (Lipinski definition) is 2. The van der Waals surface area contributed by atoms with E-state index in [1.807, 2.05) is 30.3 Å². The summed E-state index contributed by atoms with van der Waals surface area (Å²) in [5.41, 5.74) is 3.51. The van der Waals surface area contributed by atoms with Crippen molar-refractivity contribution in [3.63, 3.8) is 0 Å². The smallest absolute Gasteiger partial charge is 0.328 e. The monoisotopic (exact) mass is 439 g/mol. The Morgan fingerprint density at radius 2 is 1.62 bits per heavy atom. The molecule has 1 atom stereocenters. The molecule has 1 heterocycles. The van der Waals surface area contributed by atoms with Crippen molar-refractivity contribution in [1.82, 2.24) is 14.5 Å². The fraction of sp³-hybridized carbons (Fsp3) is 0.500. The number of aliphatic hydroxyl groups excluding tert-OH is 1. The second kappa shape index (κ2) is 11.9. The molecule has 2 aromatic carbocycles. The van der Waals surface area contributed by atoms with Gasteiger partial charge in [-0.1, -0.05) is 57.2 Å². The molecule has 3 rings (SSSR count). The van der Waals surface area contributed by atoms with E-state index in [1.54, 1.807) is 23.2 Å². The molecule has 0 aliphatic rings. The Labute approximate surface area is 190 Å². The molecule has 0 saturated heterocycles. The van der Waals surface area contributed by atoms with Gasteiger partial charge in [-0.2, -0.15) is 0 Å². The Balaban J connectivity index is 1.43. The number of nitrogens with one attached hydrogen (secondary N) is 1. The summed E-state index contributed by atoms with van der Waals surface area (Å²) in [6, 6.07) is 13.6. The third kappa shape index (κ3) is 6.24. The van der Waals surface area contributed by atoms with Gasteiger partial charge in [0.1, 0.15) is 18.5 Å². The highest BCUT2D eigenvalue weighted by atomic mass is 16.5. The molecule has 0 bridgehead atoms. The van der Waals surface area contributed by atoms with Gasteiger partial charge in [-0.05, 0) is 48.4 Å². The standard InChI is InChI=1S/C26H37N3O3/c1-4-5-6-7-8-9-16-27-18-20-10-13-22(14-11-20)32-19-25(30)21-12-15-23-24(17-21)29(3)26(31)28(23)2/h10-15,17,25,27,30H,4-9,16,18-19H2,1-3H3/t25-/m0/s1. The van der Waals surface area contributed by atoms with Gasteiger partial charge >= 0.3 is 5.69 Å². The van der Waals surface area contributed by atoms with Crippen molar-refractivity contribution in [3.8, 4) is 5.75 Å². The largest absolute Gasteiger partial charge is 0.491 e. The number of aryl methyl sites for hydroxylation is 2. The number of fused-ring (bicyclic) bond motifs is 1. The van der Waals surface area contributed by atoms with E-state index in [0.29, 0.717) is 0 Å². The van der Waals surface area contributed by atoms with Crippen LogP contribution >= 0.6 is 0 Å². The van der Waals surface area contributed by atoms with E-state index in [0.717, 1.165) is 35.4 Å². The van der Waals surface area contributed by atoms with Crippen LogP contribution in [0.25, 0.3) is 11.0 Å². The van der Waals surface area contributed by atoms with Crippen LogP contribution in [0, 0.1) is 0 Å². The summed E-state index contributed by atoms with van der Waals surface area (Å²) < 4.78 is 8.99. The quantitative estimate of drug-likeness (QED) is 0.386. The molecule has 1 aromatic heterocycles. The fourth-order valence-electron chi connectivity index (χ4n) is 3.97. The average Bonchev–Trinajstić information content (AvgIpc) is 3.03. The Bertz CT molecular complexity index is 1040. The van der Waals surface area contributed by atoms with Crippen molar-refractivity contribution in [1.29, 1.82) is 0 Å². The fourth-order valence-corrected chi connectivity index (χ4v) is 3.97. The van der Waals surface area contributed by atoms with Gasteiger partial charge in [0.2, 0.25) is 0 Å². The minimum atomic E-state index is -0.770. The molecule has 6 nitrogen and oxygen atoms in total. The highest BCUT2D eigenvalue weighted by Crippen LogP contribution is 2.21. The van der Waals surface area contributed by atoms with E-state index < -0.39 is 6.10 Å². The number of benzene rings is 2. The number of aromatic nitrogens is 2. The maximum absolute atomic E-state index is 12.1. The highest BCUT2D eigenvalue weighted by Gasteiger charge is 2.13. The number of nitrogens with zero attached hydrogens (tertiary/aromatic N) is 2. The van der Waals surface area contributed by atoms with E-state index in [4.69, 9.17) is 4.74 Å². The first kappa shape index (κ1) is 24.1. The number of unbranched alkanes of at least 4 members (excludes halogenated alkanes) is 5. The van der Waals surface area contributed by atoms with Gasteiger partial charge in [-0.15, -0.1) is 0 Å². The van der Waals surface area contributed by atoms with E-state index in [2.05, 4.69) is 24.4 Å². The van der Waals surface area contributed by atoms with Crippen molar-refractivity contribution in [3.05, 3.63) is 64.1 Å². The summed E-state index contributed by atoms with van der Waals surface area (Å²) in [5, 5.41) is 14.1. The van der Waals surface area contributed by atoms with E-state index in [1.165, 1.54) is 44.1 Å². The predicted molar refractivity (Wildman–Crippen MR) is 130 cm³/mol. The molecule has 32 heavy (non-hydrogen) atoms. The zero-order chi connectivity index (χ0) is 22.9. The SMILES string of the molecule is CCCCCCCCNCc1ccc(OC[C@H](O)c2ccc3c(c2)n(C)c(=O)n3C)cc1. The van der Waals surface area contributed by atoms with Crippen LogP contribution in [0.1, 0.15) is 62.7 Å². The van der Waals surface area contributed by atoms with Crippen LogP contribution in [0.2, 0.25) is 0 Å². The molecule has 6 heteroatoms. The maximum atomic E-state index is 12.1. The van der Waals surface area contributed by atoms with Gasteiger partial charge in [0.05, 0.1) is 11.0 Å². The van der Waals surface area contributed by atoms with Crippen LogP contribution in [0.5, 0.6) is 5.75 Å². The zero-order valence-corrected chi connectivity index (χ0v) is 19.6. The van der Waals surface area contributed by atoms with Crippen molar-refractivity contribution in [2.75, 3.05) is 13.2 Å². The van der Waals surface area contributed by atoms with Crippen LogP contribution in [-0.2, 0) is 20.6 Å². The van der Waals surface area contributed by atoms with E-state index >= 15 is 0 Å². The van der Waals surface area contributed by atoms with Crippen LogP contribution in [0.15, 0.2) is 47.3 Å². The van der Waals surface area contributed by atoms with Crippen LogP contribution in [0.3, 0.4) is 0 Å². The number of hydrogen-bond acceptors (Lipinski definition) is 4. The minimum absolute atomic E-state index is 0.0792. The Morgan fingerprint density at radius 1 is 0.938 bits per heavy atom. The third-order valence-electron chi connectivity index (χ3n) is 6.05. The summed E-state index contributed by atoms with van der Waals surface area (Å²) in [4.78, 5) is 12.1. The minimum Gasteiger partial charge on any atom is -0.491 e. The Morgan fingerprint density at radius 3 is 2.38 bits per heavy atom. The Kier molecular flexibility index (Phi) is 8.94. The van der Waals surface area contributed by atoms with Gasteiger partial charge in [-0.25, -0.2) is 4.79 Å². The molecule has 0 unspecified atom stereocenters. The summed E-state index contributed by atoms with van der Waals surface area (Å²) in [7, 11) is 3.49. The lowest BCUT2D eigenvalue weighted by atomic mass is 10.1. The van der Waals surface area contributed by atoms with Crippen molar-refractivity contribution in [2.24, 2.45) is 14.1 Å². The topological polar surface area (TPSA) is 68.4 Å². The third-order valence-corrected chi connectivity index (χ3v) is 6.05. The Hall–Kier alpha value is -2.57. The number of ether oxygens (including phenoxy) is 1. The summed E-state index contributed by atoms with van der Waals surface area (Å²) in [5.74, 6) is 0.733. The number of imidazole rings is 1. The number of aliphatic hydroxyl groups is 1. The molecule has 0 aliphatic heterocycles. The first-order chi connectivity index (χ1) is 15.5. The average molecular weight is 440 g/mol. The molecule has 174 valence electrons. The first-order valence-corrected chi connectivity index (χ1v) is 11.8. The first-order valence-electron chi connectivity index (χ1n) is 11.8. The molecule has 0 aliphatic carbocycles. The molecule has 0 fully saturated rings. The molecule has 0 amide bonds. The van der Waals surface area contributed by atoms with Crippen LogP contribution in [0.4, 0.5) is 0 Å². The van der Waals surface area contributed by atoms with E-state index in [9.17, 15) is 9.90 Å². The van der Waals surface area contributed by atoms with Crippen LogP contribution < -0.4 is 15.7 Å². The molecule has 0 radical (unpaired) electrons. The zero-order valence-electron chi connectivity index (χ0n) is 19.6. The lowest BCUT2D eigenvalue weighted by molar-refractivity contribution is 0.108. The lowest BCUT2D eigenvalue weighted by Gasteiger charge is -2.14. The molecular weight excluding hydrogens is 402 g/mol. The molecule has 3 aromatic rings. The second-order valence-electron chi connectivity index (χ2n) is 8.56. The molecular formula is C26H37N3O3. The van der Waals surface area contributed by atoms with Gasteiger partial charge in [-0.3, -0.25) is 9.13 Å². The van der Waals surface area contributed by atoms with Gasteiger partial charge in [0, 0.05) is 20.6 Å². The van der Waals surface area contributed by atoms with Crippen molar-refractivity contribution in [2.45, 2.75) is 58.1 Å². The van der Waals surface area contributed by atoms with E-state index in [-0.39, 0.29) is 12.3 Å².